The van der Waals surface area contributed by atoms with Crippen LogP contribution in [0.1, 0.15) is 13.8 Å². The van der Waals surface area contributed by atoms with Crippen LogP contribution in [-0.2, 0) is 4.79 Å². The minimum atomic E-state index is -0.811. The van der Waals surface area contributed by atoms with E-state index in [9.17, 15) is 9.59 Å². The van der Waals surface area contributed by atoms with Crippen LogP contribution in [0.5, 0.6) is 5.75 Å². The van der Waals surface area contributed by atoms with Crippen LogP contribution >= 0.6 is 34.5 Å². The quantitative estimate of drug-likeness (QED) is 0.413. The summed E-state index contributed by atoms with van der Waals surface area (Å²) in [5.74, 6) is 0.140. The van der Waals surface area contributed by atoms with Crippen LogP contribution in [0.2, 0.25) is 10.0 Å². The number of hydrogen-bond acceptors (Lipinski definition) is 6. The summed E-state index contributed by atoms with van der Waals surface area (Å²) in [6, 6.07) is 10.7. The van der Waals surface area contributed by atoms with E-state index < -0.39 is 18.0 Å². The van der Waals surface area contributed by atoms with Gasteiger partial charge in [-0.15, -0.1) is 10.2 Å². The van der Waals surface area contributed by atoms with Crippen LogP contribution < -0.4 is 20.7 Å². The first-order chi connectivity index (χ1) is 15.3. The normalized spacial score (nSPS) is 11.7. The van der Waals surface area contributed by atoms with E-state index in [2.05, 4.69) is 26.1 Å². The van der Waals surface area contributed by atoms with E-state index in [0.717, 1.165) is 11.3 Å². The van der Waals surface area contributed by atoms with Crippen molar-refractivity contribution >= 4 is 57.3 Å². The summed E-state index contributed by atoms with van der Waals surface area (Å²) in [4.78, 5) is 25.2. The molecule has 2 aromatic carbocycles. The fourth-order valence-electron chi connectivity index (χ4n) is 2.73. The molecule has 3 rings (SSSR count). The molecule has 8 nitrogen and oxygen atoms in total. The predicted octanol–water partition coefficient (Wildman–Crippen LogP) is 5.31. The van der Waals surface area contributed by atoms with Crippen molar-refractivity contribution in [2.75, 3.05) is 17.7 Å². The lowest BCUT2D eigenvalue weighted by Gasteiger charge is -2.21. The maximum atomic E-state index is 12.8. The summed E-state index contributed by atoms with van der Waals surface area (Å²) in [6.07, 6.45) is 0. The third-order valence-corrected chi connectivity index (χ3v) is 5.84. The molecule has 11 heteroatoms. The van der Waals surface area contributed by atoms with Gasteiger partial charge in [0.15, 0.2) is 0 Å². The zero-order valence-electron chi connectivity index (χ0n) is 17.5. The van der Waals surface area contributed by atoms with Crippen molar-refractivity contribution in [3.8, 4) is 16.3 Å². The Labute approximate surface area is 199 Å². The monoisotopic (exact) mass is 493 g/mol. The number of methoxy groups -OCH3 is 1. The highest BCUT2D eigenvalue weighted by atomic mass is 35.5. The van der Waals surface area contributed by atoms with Gasteiger partial charge >= 0.3 is 6.03 Å². The van der Waals surface area contributed by atoms with Crippen molar-refractivity contribution in [3.63, 3.8) is 0 Å². The van der Waals surface area contributed by atoms with Crippen molar-refractivity contribution in [2.24, 2.45) is 5.92 Å². The minimum absolute atomic E-state index is 0.185. The number of urea groups is 1. The first kappa shape index (κ1) is 23.8. The number of benzene rings is 2. The first-order valence-corrected chi connectivity index (χ1v) is 11.2. The Morgan fingerprint density at radius 3 is 2.38 bits per heavy atom. The molecule has 3 N–H and O–H groups in total. The van der Waals surface area contributed by atoms with Crippen molar-refractivity contribution in [3.05, 3.63) is 52.5 Å². The molecule has 1 heterocycles. The van der Waals surface area contributed by atoms with Crippen molar-refractivity contribution in [1.29, 1.82) is 0 Å². The lowest BCUT2D eigenvalue weighted by molar-refractivity contribution is -0.118. The van der Waals surface area contributed by atoms with Gasteiger partial charge in [-0.25, -0.2) is 4.79 Å². The van der Waals surface area contributed by atoms with Crippen molar-refractivity contribution in [1.82, 2.24) is 15.5 Å². The Morgan fingerprint density at radius 1 is 1.03 bits per heavy atom. The van der Waals surface area contributed by atoms with Gasteiger partial charge in [-0.3, -0.25) is 10.1 Å². The van der Waals surface area contributed by atoms with E-state index in [0.29, 0.717) is 20.8 Å². The van der Waals surface area contributed by atoms with Crippen LogP contribution in [0.4, 0.5) is 15.6 Å². The van der Waals surface area contributed by atoms with Gasteiger partial charge in [0, 0.05) is 10.6 Å². The van der Waals surface area contributed by atoms with E-state index in [-0.39, 0.29) is 10.9 Å². The van der Waals surface area contributed by atoms with E-state index >= 15 is 0 Å². The van der Waals surface area contributed by atoms with Crippen LogP contribution in [-0.4, -0.2) is 35.3 Å². The van der Waals surface area contributed by atoms with Gasteiger partial charge in [-0.1, -0.05) is 48.4 Å². The summed E-state index contributed by atoms with van der Waals surface area (Å²) in [5, 5.41) is 17.9. The molecule has 0 aliphatic rings. The SMILES string of the molecule is COc1ccc(-c2nnc(NC(=O)C(NC(=O)Nc3ccc(Cl)cc3Cl)C(C)C)s2)cc1. The summed E-state index contributed by atoms with van der Waals surface area (Å²) >= 11 is 13.2. The molecule has 0 fully saturated rings. The maximum Gasteiger partial charge on any atom is 0.319 e. The summed E-state index contributed by atoms with van der Waals surface area (Å²) in [5.41, 5.74) is 1.23. The molecule has 0 aliphatic carbocycles. The van der Waals surface area contributed by atoms with E-state index in [4.69, 9.17) is 27.9 Å². The zero-order chi connectivity index (χ0) is 23.3. The number of aromatic nitrogens is 2. The lowest BCUT2D eigenvalue weighted by atomic mass is 10.0. The van der Waals surface area contributed by atoms with Gasteiger partial charge in [-0.2, -0.15) is 0 Å². The molecule has 0 spiro atoms. The number of nitrogens with one attached hydrogen (secondary N) is 3. The second-order valence-corrected chi connectivity index (χ2v) is 8.90. The van der Waals surface area contributed by atoms with Gasteiger partial charge in [0.2, 0.25) is 11.0 Å². The molecule has 1 unspecified atom stereocenters. The minimum Gasteiger partial charge on any atom is -0.497 e. The molecule has 0 bridgehead atoms. The zero-order valence-corrected chi connectivity index (χ0v) is 19.8. The van der Waals surface area contributed by atoms with Gasteiger partial charge < -0.3 is 15.4 Å². The molecule has 0 radical (unpaired) electrons. The van der Waals surface area contributed by atoms with Crippen molar-refractivity contribution in [2.45, 2.75) is 19.9 Å². The van der Waals surface area contributed by atoms with Crippen molar-refractivity contribution < 1.29 is 14.3 Å². The van der Waals surface area contributed by atoms with Crippen LogP contribution in [0.15, 0.2) is 42.5 Å². The number of carbonyl (C=O) groups excluding carboxylic acids is 2. The number of hydrogen-bond donors (Lipinski definition) is 3. The second kappa shape index (κ2) is 10.6. The molecule has 1 aromatic heterocycles. The Hall–Kier alpha value is -2.88. The largest absolute Gasteiger partial charge is 0.497 e. The number of halogens is 2. The molecule has 3 aromatic rings. The molecule has 0 saturated heterocycles. The van der Waals surface area contributed by atoms with Crippen LogP contribution in [0, 0.1) is 5.92 Å². The number of rotatable bonds is 7. The highest BCUT2D eigenvalue weighted by Gasteiger charge is 2.25. The average Bonchev–Trinajstić information content (AvgIpc) is 3.22. The molecule has 1 atom stereocenters. The highest BCUT2D eigenvalue weighted by molar-refractivity contribution is 7.18. The molecule has 3 amide bonds. The van der Waals surface area contributed by atoms with Gasteiger partial charge in [0.1, 0.15) is 16.8 Å². The number of nitrogens with zero attached hydrogens (tertiary/aromatic N) is 2. The van der Waals surface area contributed by atoms with Gasteiger partial charge in [0.05, 0.1) is 17.8 Å². The van der Waals surface area contributed by atoms with E-state index in [1.807, 2.05) is 38.1 Å². The lowest BCUT2D eigenvalue weighted by Crippen LogP contribution is -2.48. The fraction of sp³-hybridized carbons (Fsp3) is 0.238. The summed E-state index contributed by atoms with van der Waals surface area (Å²) in [6.45, 7) is 3.64. The Balaban J connectivity index is 1.64. The topological polar surface area (TPSA) is 105 Å². The highest BCUT2D eigenvalue weighted by Crippen LogP contribution is 2.28. The van der Waals surface area contributed by atoms with E-state index in [1.54, 1.807) is 19.2 Å². The third kappa shape index (κ3) is 6.09. The molecule has 0 aliphatic heterocycles. The third-order valence-electron chi connectivity index (χ3n) is 4.41. The smallest absolute Gasteiger partial charge is 0.319 e. The molecule has 168 valence electrons. The Kier molecular flexibility index (Phi) is 7.89. The number of amides is 3. The molecular weight excluding hydrogens is 473 g/mol. The Bertz CT molecular complexity index is 1110. The van der Waals surface area contributed by atoms with Gasteiger partial charge in [-0.05, 0) is 48.4 Å². The molecular formula is C21H21Cl2N5O3S. The van der Waals surface area contributed by atoms with Crippen LogP contribution in [0.3, 0.4) is 0 Å². The number of ether oxygens (including phenoxy) is 1. The maximum absolute atomic E-state index is 12.8. The summed E-state index contributed by atoms with van der Waals surface area (Å²) in [7, 11) is 1.59. The first-order valence-electron chi connectivity index (χ1n) is 9.58. The predicted molar refractivity (Wildman–Crippen MR) is 128 cm³/mol. The Morgan fingerprint density at radius 2 is 1.75 bits per heavy atom. The standard InChI is InChI=1S/C21H21Cl2N5O3S/c1-11(2)17(25-20(30)24-16-9-6-13(22)10-15(16)23)18(29)26-21-28-27-19(32-21)12-4-7-14(31-3)8-5-12/h4-11,17H,1-3H3,(H2,24,25,30)(H,26,28,29). The van der Waals surface area contributed by atoms with Gasteiger partial charge in [0.25, 0.3) is 0 Å². The second-order valence-electron chi connectivity index (χ2n) is 7.07. The average molecular weight is 494 g/mol. The fourth-order valence-corrected chi connectivity index (χ4v) is 3.94. The number of anilines is 2. The van der Waals surface area contributed by atoms with Crippen LogP contribution in [0.25, 0.3) is 10.6 Å². The molecule has 0 saturated carbocycles. The summed E-state index contributed by atoms with van der Waals surface area (Å²) < 4.78 is 5.15. The number of carbonyl (C=O) groups is 2. The van der Waals surface area contributed by atoms with E-state index in [1.165, 1.54) is 17.4 Å². The molecule has 32 heavy (non-hydrogen) atoms.